The van der Waals surface area contributed by atoms with Crippen LogP contribution in [-0.4, -0.2) is 30.1 Å². The molecule has 6 heteroatoms. The third kappa shape index (κ3) is 4.11. The number of rotatable bonds is 4. The van der Waals surface area contributed by atoms with Crippen LogP contribution in [0.3, 0.4) is 0 Å². The Morgan fingerprint density at radius 2 is 1.84 bits per heavy atom. The van der Waals surface area contributed by atoms with E-state index in [-0.39, 0.29) is 29.1 Å². The predicted molar refractivity (Wildman–Crippen MR) is 93.1 cm³/mol. The number of halogens is 1. The fourth-order valence-electron chi connectivity index (χ4n) is 3.38. The van der Waals surface area contributed by atoms with Crippen molar-refractivity contribution in [2.75, 3.05) is 12.0 Å². The van der Waals surface area contributed by atoms with E-state index >= 15 is 0 Å². The van der Waals surface area contributed by atoms with Gasteiger partial charge in [-0.05, 0) is 51.5 Å². The van der Waals surface area contributed by atoms with Crippen LogP contribution in [0.15, 0.2) is 12.1 Å². The Morgan fingerprint density at radius 1 is 1.24 bits per heavy atom. The summed E-state index contributed by atoms with van der Waals surface area (Å²) in [5.41, 5.74) is 0.119. The summed E-state index contributed by atoms with van der Waals surface area (Å²) in [6.07, 6.45) is 3.54. The summed E-state index contributed by atoms with van der Waals surface area (Å²) in [4.78, 5) is 26.6. The SMILES string of the molecule is COC(=O)c1cc(O)c(F)cc1N(C(=O)[C@H]1CC[C@H](C)CC1)C(C)C. The number of phenolic OH excluding ortho intramolecular Hbond substituents is 1. The van der Waals surface area contributed by atoms with E-state index in [0.717, 1.165) is 37.8 Å². The first-order chi connectivity index (χ1) is 11.8. The highest BCUT2D eigenvalue weighted by atomic mass is 19.1. The molecule has 5 nitrogen and oxygen atoms in total. The number of ether oxygens (including phenoxy) is 1. The molecule has 0 radical (unpaired) electrons. The first kappa shape index (κ1) is 19.2. The molecule has 1 N–H and O–H groups in total. The summed E-state index contributed by atoms with van der Waals surface area (Å²) in [5, 5.41) is 9.62. The van der Waals surface area contributed by atoms with E-state index in [0.29, 0.717) is 5.92 Å². The minimum Gasteiger partial charge on any atom is -0.505 e. The Hall–Kier alpha value is -2.11. The Labute approximate surface area is 147 Å². The Kier molecular flexibility index (Phi) is 6.03. The van der Waals surface area contributed by atoms with Crippen molar-refractivity contribution >= 4 is 17.6 Å². The number of hydrogen-bond donors (Lipinski definition) is 1. The zero-order valence-corrected chi connectivity index (χ0v) is 15.2. The molecular weight excluding hydrogens is 325 g/mol. The van der Waals surface area contributed by atoms with Crippen molar-refractivity contribution < 1.29 is 23.8 Å². The van der Waals surface area contributed by atoms with Gasteiger partial charge in [-0.3, -0.25) is 4.79 Å². The standard InChI is InChI=1S/C19H26FNO4/c1-11(2)21(18(23)13-7-5-12(3)6-8-13)16-10-15(20)17(22)9-14(16)19(24)25-4/h9-13,22H,5-8H2,1-4H3/t12-,13-. The van der Waals surface area contributed by atoms with Crippen LogP contribution in [0.5, 0.6) is 5.75 Å². The molecule has 0 spiro atoms. The van der Waals surface area contributed by atoms with Crippen LogP contribution >= 0.6 is 0 Å². The summed E-state index contributed by atoms with van der Waals surface area (Å²) < 4.78 is 18.7. The van der Waals surface area contributed by atoms with Crippen molar-refractivity contribution in [3.63, 3.8) is 0 Å². The second-order valence-electron chi connectivity index (χ2n) is 7.07. The average molecular weight is 351 g/mol. The quantitative estimate of drug-likeness (QED) is 0.836. The smallest absolute Gasteiger partial charge is 0.340 e. The van der Waals surface area contributed by atoms with Gasteiger partial charge in [0.1, 0.15) is 0 Å². The number of amides is 1. The zero-order valence-electron chi connectivity index (χ0n) is 15.2. The number of benzene rings is 1. The molecule has 0 aliphatic heterocycles. The highest BCUT2D eigenvalue weighted by Crippen LogP contribution is 2.35. The molecule has 1 aliphatic carbocycles. The summed E-state index contributed by atoms with van der Waals surface area (Å²) in [6.45, 7) is 5.80. The second kappa shape index (κ2) is 7.85. The van der Waals surface area contributed by atoms with Crippen LogP contribution in [0.4, 0.5) is 10.1 Å². The number of carbonyl (C=O) groups is 2. The number of aromatic hydroxyl groups is 1. The molecule has 2 rings (SSSR count). The van der Waals surface area contributed by atoms with Gasteiger partial charge in [0.25, 0.3) is 0 Å². The van der Waals surface area contributed by atoms with Crippen molar-refractivity contribution in [2.45, 2.75) is 52.5 Å². The fraction of sp³-hybridized carbons (Fsp3) is 0.579. The van der Waals surface area contributed by atoms with Crippen molar-refractivity contribution in [2.24, 2.45) is 11.8 Å². The summed E-state index contributed by atoms with van der Waals surface area (Å²) in [6, 6.07) is 1.78. The number of phenols is 1. The minimum atomic E-state index is -0.877. The zero-order chi connectivity index (χ0) is 18.7. The molecule has 0 bridgehead atoms. The summed E-state index contributed by atoms with van der Waals surface area (Å²) >= 11 is 0. The molecule has 1 aliphatic rings. The lowest BCUT2D eigenvalue weighted by atomic mass is 9.82. The second-order valence-corrected chi connectivity index (χ2v) is 7.07. The molecule has 1 amide bonds. The molecule has 1 saturated carbocycles. The summed E-state index contributed by atoms with van der Waals surface area (Å²) in [5.74, 6) is -1.89. The van der Waals surface area contributed by atoms with E-state index in [4.69, 9.17) is 4.74 Å². The van der Waals surface area contributed by atoms with E-state index in [1.807, 2.05) is 13.8 Å². The van der Waals surface area contributed by atoms with Crippen LogP contribution in [0.2, 0.25) is 0 Å². The third-order valence-corrected chi connectivity index (χ3v) is 4.85. The molecule has 138 valence electrons. The fourth-order valence-corrected chi connectivity index (χ4v) is 3.38. The van der Waals surface area contributed by atoms with Crippen molar-refractivity contribution in [3.05, 3.63) is 23.5 Å². The lowest BCUT2D eigenvalue weighted by molar-refractivity contribution is -0.123. The van der Waals surface area contributed by atoms with E-state index in [1.165, 1.54) is 12.0 Å². The Balaban J connectivity index is 2.44. The van der Waals surface area contributed by atoms with Crippen molar-refractivity contribution in [1.82, 2.24) is 0 Å². The normalized spacial score (nSPS) is 20.4. The number of nitrogens with zero attached hydrogens (tertiary/aromatic N) is 1. The van der Waals surface area contributed by atoms with Gasteiger partial charge in [-0.2, -0.15) is 0 Å². The molecule has 0 aromatic heterocycles. The largest absolute Gasteiger partial charge is 0.505 e. The van der Waals surface area contributed by atoms with E-state index in [9.17, 15) is 19.1 Å². The van der Waals surface area contributed by atoms with Crippen LogP contribution in [0.1, 0.15) is 56.8 Å². The lowest BCUT2D eigenvalue weighted by Crippen LogP contribution is -2.43. The van der Waals surface area contributed by atoms with Gasteiger partial charge in [0.05, 0.1) is 18.4 Å². The van der Waals surface area contributed by atoms with Gasteiger partial charge in [-0.25, -0.2) is 9.18 Å². The maximum Gasteiger partial charge on any atom is 0.340 e. The predicted octanol–water partition coefficient (Wildman–Crippen LogP) is 3.89. The molecule has 0 heterocycles. The molecular formula is C19H26FNO4. The topological polar surface area (TPSA) is 66.8 Å². The van der Waals surface area contributed by atoms with Crippen LogP contribution < -0.4 is 4.90 Å². The Bertz CT molecular complexity index is 651. The molecule has 1 aromatic rings. The van der Waals surface area contributed by atoms with Crippen molar-refractivity contribution in [3.8, 4) is 5.75 Å². The van der Waals surface area contributed by atoms with Gasteiger partial charge in [0.15, 0.2) is 11.6 Å². The number of anilines is 1. The minimum absolute atomic E-state index is 0.0207. The lowest BCUT2D eigenvalue weighted by Gasteiger charge is -2.34. The average Bonchev–Trinajstić information content (AvgIpc) is 2.57. The van der Waals surface area contributed by atoms with Gasteiger partial charge in [0, 0.05) is 18.0 Å². The van der Waals surface area contributed by atoms with Gasteiger partial charge < -0.3 is 14.7 Å². The number of carbonyl (C=O) groups excluding carboxylic acids is 2. The van der Waals surface area contributed by atoms with Gasteiger partial charge in [0.2, 0.25) is 5.91 Å². The van der Waals surface area contributed by atoms with Gasteiger partial charge in [-0.15, -0.1) is 0 Å². The molecule has 0 saturated heterocycles. The molecule has 1 fully saturated rings. The van der Waals surface area contributed by atoms with E-state index < -0.39 is 17.5 Å². The maximum absolute atomic E-state index is 14.0. The van der Waals surface area contributed by atoms with Gasteiger partial charge in [-0.1, -0.05) is 6.92 Å². The highest BCUT2D eigenvalue weighted by molar-refractivity contribution is 6.04. The molecule has 25 heavy (non-hydrogen) atoms. The molecule has 1 aromatic carbocycles. The monoisotopic (exact) mass is 351 g/mol. The molecule has 0 unspecified atom stereocenters. The third-order valence-electron chi connectivity index (χ3n) is 4.85. The van der Waals surface area contributed by atoms with Crippen LogP contribution in [-0.2, 0) is 9.53 Å². The van der Waals surface area contributed by atoms with Crippen molar-refractivity contribution in [1.29, 1.82) is 0 Å². The first-order valence-corrected chi connectivity index (χ1v) is 8.70. The number of methoxy groups -OCH3 is 1. The van der Waals surface area contributed by atoms with Crippen LogP contribution in [0.25, 0.3) is 0 Å². The Morgan fingerprint density at radius 3 is 2.36 bits per heavy atom. The van der Waals surface area contributed by atoms with Gasteiger partial charge >= 0.3 is 5.97 Å². The maximum atomic E-state index is 14.0. The highest BCUT2D eigenvalue weighted by Gasteiger charge is 2.33. The van der Waals surface area contributed by atoms with Crippen LogP contribution in [0, 0.1) is 17.7 Å². The summed E-state index contributed by atoms with van der Waals surface area (Å²) in [7, 11) is 1.20. The number of hydrogen-bond acceptors (Lipinski definition) is 4. The molecule has 0 atom stereocenters. The van der Waals surface area contributed by atoms with E-state index in [1.54, 1.807) is 0 Å². The number of esters is 1. The first-order valence-electron chi connectivity index (χ1n) is 8.70. The van der Waals surface area contributed by atoms with E-state index in [2.05, 4.69) is 6.92 Å².